The van der Waals surface area contributed by atoms with Gasteiger partial charge in [0.25, 0.3) is 5.91 Å². The molecule has 1 heterocycles. The first-order valence-electron chi connectivity index (χ1n) is 9.02. The highest BCUT2D eigenvalue weighted by molar-refractivity contribution is 5.94. The highest BCUT2D eigenvalue weighted by Crippen LogP contribution is 2.16. The van der Waals surface area contributed by atoms with Crippen LogP contribution >= 0.6 is 0 Å². The van der Waals surface area contributed by atoms with Crippen molar-refractivity contribution in [2.75, 3.05) is 46.9 Å². The Balaban J connectivity index is 1.81. The zero-order valence-corrected chi connectivity index (χ0v) is 15.5. The number of nitrogens with one attached hydrogen (secondary N) is 2. The molecule has 1 unspecified atom stereocenters. The highest BCUT2D eigenvalue weighted by Gasteiger charge is 2.24. The molecule has 1 atom stereocenters. The molecular weight excluding hydrogens is 316 g/mol. The normalized spacial score (nSPS) is 17.6. The number of amides is 1. The summed E-state index contributed by atoms with van der Waals surface area (Å²) < 4.78 is 5.54. The molecule has 1 aliphatic heterocycles. The minimum Gasteiger partial charge on any atom is -0.381 e. The van der Waals surface area contributed by atoms with Gasteiger partial charge in [-0.05, 0) is 37.5 Å². The van der Waals surface area contributed by atoms with Crippen molar-refractivity contribution in [2.45, 2.75) is 19.8 Å². The average Bonchev–Trinajstić information content (AvgIpc) is 3.11. The lowest BCUT2D eigenvalue weighted by Gasteiger charge is -2.21. The number of hydrogen-bond donors (Lipinski definition) is 2. The summed E-state index contributed by atoms with van der Waals surface area (Å²) in [4.78, 5) is 18.4. The molecule has 138 valence electrons. The topological polar surface area (TPSA) is 66.0 Å². The van der Waals surface area contributed by atoms with E-state index >= 15 is 0 Å². The number of likely N-dealkylation sites (tertiary alicyclic amines) is 1. The number of carbonyl (C=O) groups is 1. The summed E-state index contributed by atoms with van der Waals surface area (Å²) in [6, 6.07) is 7.74. The molecule has 0 aliphatic carbocycles. The number of hydrogen-bond acceptors (Lipinski definition) is 3. The second-order valence-electron chi connectivity index (χ2n) is 6.26. The van der Waals surface area contributed by atoms with Gasteiger partial charge in [-0.2, -0.15) is 0 Å². The fourth-order valence-electron chi connectivity index (χ4n) is 3.11. The van der Waals surface area contributed by atoms with Gasteiger partial charge in [0.15, 0.2) is 5.96 Å². The van der Waals surface area contributed by atoms with Gasteiger partial charge in [0, 0.05) is 51.8 Å². The summed E-state index contributed by atoms with van der Waals surface area (Å²) >= 11 is 0. The van der Waals surface area contributed by atoms with Gasteiger partial charge >= 0.3 is 0 Å². The first-order chi connectivity index (χ1) is 12.2. The molecule has 0 spiro atoms. The Morgan fingerprint density at radius 1 is 1.44 bits per heavy atom. The Hall–Kier alpha value is -2.08. The highest BCUT2D eigenvalue weighted by atomic mass is 16.5. The predicted molar refractivity (Wildman–Crippen MR) is 101 cm³/mol. The number of carbonyl (C=O) groups excluding carboxylic acids is 1. The summed E-state index contributed by atoms with van der Waals surface area (Å²) in [6.45, 7) is 6.44. The predicted octanol–water partition coefficient (Wildman–Crippen LogP) is 1.52. The molecule has 2 rings (SSSR count). The van der Waals surface area contributed by atoms with E-state index < -0.39 is 0 Å². The van der Waals surface area contributed by atoms with E-state index in [4.69, 9.17) is 4.74 Å². The molecule has 1 aromatic rings. The minimum atomic E-state index is -0.0528. The Morgan fingerprint density at radius 2 is 2.28 bits per heavy atom. The molecule has 25 heavy (non-hydrogen) atoms. The summed E-state index contributed by atoms with van der Waals surface area (Å²) in [6.07, 6.45) is 1.99. The molecule has 2 N–H and O–H groups in total. The van der Waals surface area contributed by atoms with Gasteiger partial charge in [0.2, 0.25) is 0 Å². The van der Waals surface area contributed by atoms with Crippen LogP contribution < -0.4 is 10.6 Å². The first kappa shape index (κ1) is 19.2. The molecule has 1 aliphatic rings. The van der Waals surface area contributed by atoms with Gasteiger partial charge in [-0.25, -0.2) is 0 Å². The fourth-order valence-corrected chi connectivity index (χ4v) is 3.11. The number of guanidine groups is 1. The number of nitrogens with zero attached hydrogens (tertiary/aromatic N) is 2. The van der Waals surface area contributed by atoms with Gasteiger partial charge in [-0.1, -0.05) is 12.1 Å². The largest absolute Gasteiger partial charge is 0.381 e. The Morgan fingerprint density at radius 3 is 3.00 bits per heavy atom. The lowest BCUT2D eigenvalue weighted by molar-refractivity contribution is 0.0963. The van der Waals surface area contributed by atoms with Gasteiger partial charge < -0.3 is 20.3 Å². The monoisotopic (exact) mass is 346 g/mol. The summed E-state index contributed by atoms with van der Waals surface area (Å²) in [5.41, 5.74) is 1.84. The Bertz CT molecular complexity index is 589. The number of rotatable bonds is 7. The van der Waals surface area contributed by atoms with Crippen molar-refractivity contribution in [1.29, 1.82) is 0 Å². The fraction of sp³-hybridized carbons (Fsp3) is 0.579. The van der Waals surface area contributed by atoms with Crippen LogP contribution in [0.15, 0.2) is 29.3 Å². The second-order valence-corrected chi connectivity index (χ2v) is 6.26. The van der Waals surface area contributed by atoms with Crippen LogP contribution in [0.5, 0.6) is 0 Å². The van der Waals surface area contributed by atoms with Crippen LogP contribution in [0.1, 0.15) is 29.3 Å². The molecule has 0 saturated carbocycles. The number of ether oxygens (including phenoxy) is 1. The molecule has 6 nitrogen and oxygen atoms in total. The van der Waals surface area contributed by atoms with E-state index in [1.54, 1.807) is 7.05 Å². The van der Waals surface area contributed by atoms with Crippen LogP contribution in [0.2, 0.25) is 0 Å². The van der Waals surface area contributed by atoms with Crippen molar-refractivity contribution in [3.63, 3.8) is 0 Å². The Kier molecular flexibility index (Phi) is 7.73. The van der Waals surface area contributed by atoms with E-state index in [1.807, 2.05) is 38.2 Å². The van der Waals surface area contributed by atoms with E-state index in [0.29, 0.717) is 11.5 Å². The maximum Gasteiger partial charge on any atom is 0.251 e. The smallest absolute Gasteiger partial charge is 0.251 e. The zero-order chi connectivity index (χ0) is 18.1. The lowest BCUT2D eigenvalue weighted by Crippen LogP contribution is -2.41. The van der Waals surface area contributed by atoms with E-state index in [0.717, 1.165) is 57.2 Å². The van der Waals surface area contributed by atoms with Crippen LogP contribution in [0, 0.1) is 5.92 Å². The zero-order valence-electron chi connectivity index (χ0n) is 15.5. The number of aliphatic imine (C=N–C) groups is 1. The molecular formula is C19H30N4O2. The molecule has 0 bridgehead atoms. The Labute approximate surface area is 150 Å². The second kappa shape index (κ2) is 10.0. The van der Waals surface area contributed by atoms with E-state index in [1.165, 1.54) is 0 Å². The molecule has 1 aromatic carbocycles. The van der Waals surface area contributed by atoms with Gasteiger partial charge in [-0.15, -0.1) is 0 Å². The van der Waals surface area contributed by atoms with Crippen molar-refractivity contribution >= 4 is 11.9 Å². The van der Waals surface area contributed by atoms with E-state index in [9.17, 15) is 4.79 Å². The van der Waals surface area contributed by atoms with Crippen LogP contribution in [-0.2, 0) is 11.2 Å². The van der Waals surface area contributed by atoms with Gasteiger partial charge in [0.1, 0.15) is 0 Å². The van der Waals surface area contributed by atoms with Crippen LogP contribution in [-0.4, -0.2) is 63.7 Å². The van der Waals surface area contributed by atoms with Crippen molar-refractivity contribution in [3.05, 3.63) is 35.4 Å². The van der Waals surface area contributed by atoms with E-state index in [-0.39, 0.29) is 5.91 Å². The van der Waals surface area contributed by atoms with Gasteiger partial charge in [-0.3, -0.25) is 9.79 Å². The number of benzene rings is 1. The van der Waals surface area contributed by atoms with Crippen molar-refractivity contribution in [2.24, 2.45) is 10.9 Å². The van der Waals surface area contributed by atoms with Crippen molar-refractivity contribution in [3.8, 4) is 0 Å². The molecule has 1 fully saturated rings. The molecule has 0 aromatic heterocycles. The van der Waals surface area contributed by atoms with E-state index in [2.05, 4.69) is 20.5 Å². The molecule has 1 amide bonds. The van der Waals surface area contributed by atoms with Crippen LogP contribution in [0.3, 0.4) is 0 Å². The quantitative estimate of drug-likeness (QED) is 0.580. The van der Waals surface area contributed by atoms with Crippen molar-refractivity contribution < 1.29 is 9.53 Å². The third kappa shape index (κ3) is 5.74. The third-order valence-corrected chi connectivity index (χ3v) is 4.47. The minimum absolute atomic E-state index is 0.0528. The molecule has 1 saturated heterocycles. The van der Waals surface area contributed by atoms with Crippen LogP contribution in [0.25, 0.3) is 0 Å². The summed E-state index contributed by atoms with van der Waals surface area (Å²) in [5.74, 6) is 1.48. The van der Waals surface area contributed by atoms with Crippen LogP contribution in [0.4, 0.5) is 0 Å². The first-order valence-corrected chi connectivity index (χ1v) is 9.02. The maximum absolute atomic E-state index is 11.7. The molecule has 6 heteroatoms. The maximum atomic E-state index is 11.7. The third-order valence-electron chi connectivity index (χ3n) is 4.47. The lowest BCUT2D eigenvalue weighted by atomic mass is 10.1. The standard InChI is InChI=1S/C19H30N4O2/c1-4-25-14-16-9-11-23(13-16)19(21-3)22-10-8-15-6-5-7-17(12-15)18(24)20-2/h5-7,12,16H,4,8-11,13-14H2,1-3H3,(H,20,24)(H,21,22). The summed E-state index contributed by atoms with van der Waals surface area (Å²) in [7, 11) is 3.47. The average molecular weight is 346 g/mol. The van der Waals surface area contributed by atoms with Crippen molar-refractivity contribution in [1.82, 2.24) is 15.5 Å². The SMILES string of the molecule is CCOCC1CCN(C(=NC)NCCc2cccc(C(=O)NC)c2)C1. The van der Waals surface area contributed by atoms with Gasteiger partial charge in [0.05, 0.1) is 6.61 Å². The molecule has 0 radical (unpaired) electrons. The summed E-state index contributed by atoms with van der Waals surface area (Å²) in [5, 5.41) is 6.09.